The van der Waals surface area contributed by atoms with Crippen LogP contribution in [0.25, 0.3) is 0 Å². The third-order valence-electron chi connectivity index (χ3n) is 2.90. The van der Waals surface area contributed by atoms with E-state index in [1.807, 2.05) is 0 Å². The van der Waals surface area contributed by atoms with Crippen molar-refractivity contribution in [2.45, 2.75) is 32.1 Å². The van der Waals surface area contributed by atoms with Gasteiger partial charge in [0.05, 0.1) is 0 Å². The highest BCUT2D eigenvalue weighted by Gasteiger charge is 2.44. The van der Waals surface area contributed by atoms with Crippen molar-refractivity contribution >= 4 is 22.2 Å². The Kier molecular flexibility index (Phi) is 1.67. The second kappa shape index (κ2) is 2.44. The first-order valence-corrected chi connectivity index (χ1v) is 4.88. The zero-order chi connectivity index (χ0) is 7.90. The molecular formula is C9H11BrO. The molecule has 1 saturated carbocycles. The normalized spacial score (nSPS) is 27.4. The zero-order valence-corrected chi connectivity index (χ0v) is 7.99. The summed E-state index contributed by atoms with van der Waals surface area (Å²) in [4.78, 5) is 10.5. The Morgan fingerprint density at radius 3 is 2.55 bits per heavy atom. The molecule has 0 aromatic carbocycles. The third kappa shape index (κ3) is 1.28. The molecular weight excluding hydrogens is 204 g/mol. The van der Waals surface area contributed by atoms with Gasteiger partial charge in [-0.25, -0.2) is 0 Å². The Balaban J connectivity index is 2.17. The molecule has 11 heavy (non-hydrogen) atoms. The summed E-state index contributed by atoms with van der Waals surface area (Å²) >= 11 is 3.48. The molecule has 0 bridgehead atoms. The number of hydrogen-bond donors (Lipinski definition) is 0. The van der Waals surface area contributed by atoms with Crippen molar-refractivity contribution in [2.75, 3.05) is 0 Å². The molecule has 0 radical (unpaired) electrons. The van der Waals surface area contributed by atoms with Crippen molar-refractivity contribution in [2.24, 2.45) is 5.41 Å². The van der Waals surface area contributed by atoms with Gasteiger partial charge in [-0.2, -0.15) is 0 Å². The first-order valence-electron chi connectivity index (χ1n) is 4.08. The minimum Gasteiger partial charge on any atom is -0.298 e. The van der Waals surface area contributed by atoms with Crippen LogP contribution in [0.5, 0.6) is 0 Å². The van der Waals surface area contributed by atoms with E-state index < -0.39 is 0 Å². The quantitative estimate of drug-likeness (QED) is 0.614. The average molecular weight is 215 g/mol. The SMILES string of the molecule is O=CC1=C(Br)CC2(CC1)CC2. The molecule has 0 unspecified atom stereocenters. The Hall–Kier alpha value is -0.110. The molecule has 2 aliphatic carbocycles. The van der Waals surface area contributed by atoms with Crippen LogP contribution >= 0.6 is 15.9 Å². The van der Waals surface area contributed by atoms with Gasteiger partial charge in [-0.15, -0.1) is 0 Å². The van der Waals surface area contributed by atoms with E-state index in [1.165, 1.54) is 19.3 Å². The summed E-state index contributed by atoms with van der Waals surface area (Å²) < 4.78 is 1.16. The minimum atomic E-state index is 0.616. The third-order valence-corrected chi connectivity index (χ3v) is 3.69. The number of aldehydes is 1. The molecule has 0 amide bonds. The van der Waals surface area contributed by atoms with Crippen molar-refractivity contribution in [1.29, 1.82) is 0 Å². The monoisotopic (exact) mass is 214 g/mol. The molecule has 0 N–H and O–H groups in total. The van der Waals surface area contributed by atoms with Crippen molar-refractivity contribution < 1.29 is 4.79 Å². The van der Waals surface area contributed by atoms with E-state index in [0.717, 1.165) is 29.2 Å². The van der Waals surface area contributed by atoms with Gasteiger partial charge in [0.1, 0.15) is 6.29 Å². The Bertz CT molecular complexity index is 226. The maximum absolute atomic E-state index is 10.5. The van der Waals surface area contributed by atoms with Crippen LogP contribution < -0.4 is 0 Å². The highest BCUT2D eigenvalue weighted by Crippen LogP contribution is 2.58. The van der Waals surface area contributed by atoms with Crippen LogP contribution in [0.1, 0.15) is 32.1 Å². The highest BCUT2D eigenvalue weighted by molar-refractivity contribution is 9.11. The number of rotatable bonds is 1. The van der Waals surface area contributed by atoms with Gasteiger partial charge >= 0.3 is 0 Å². The van der Waals surface area contributed by atoms with E-state index in [4.69, 9.17) is 0 Å². The Morgan fingerprint density at radius 1 is 1.36 bits per heavy atom. The molecule has 1 fully saturated rings. The summed E-state index contributed by atoms with van der Waals surface area (Å²) in [6, 6.07) is 0. The fourth-order valence-corrected chi connectivity index (χ4v) is 2.68. The van der Waals surface area contributed by atoms with Crippen LogP contribution in [0, 0.1) is 5.41 Å². The zero-order valence-electron chi connectivity index (χ0n) is 6.40. The van der Waals surface area contributed by atoms with E-state index in [1.54, 1.807) is 0 Å². The highest BCUT2D eigenvalue weighted by atomic mass is 79.9. The first-order chi connectivity index (χ1) is 5.26. The van der Waals surface area contributed by atoms with Crippen LogP contribution in [-0.4, -0.2) is 6.29 Å². The minimum absolute atomic E-state index is 0.616. The van der Waals surface area contributed by atoms with Crippen LogP contribution in [0.4, 0.5) is 0 Å². The second-order valence-corrected chi connectivity index (χ2v) is 4.68. The fourth-order valence-electron chi connectivity index (χ4n) is 1.79. The summed E-state index contributed by atoms with van der Waals surface area (Å²) in [6.45, 7) is 0. The van der Waals surface area contributed by atoms with E-state index in [0.29, 0.717) is 5.41 Å². The molecule has 1 nitrogen and oxygen atoms in total. The van der Waals surface area contributed by atoms with E-state index in [2.05, 4.69) is 15.9 Å². The van der Waals surface area contributed by atoms with Crippen molar-refractivity contribution in [1.82, 2.24) is 0 Å². The summed E-state index contributed by atoms with van der Waals surface area (Å²) in [6.07, 6.45) is 7.07. The average Bonchev–Trinajstić information content (AvgIpc) is 2.70. The fraction of sp³-hybridized carbons (Fsp3) is 0.667. The molecule has 2 aliphatic rings. The molecule has 0 heterocycles. The lowest BCUT2D eigenvalue weighted by Gasteiger charge is -2.21. The lowest BCUT2D eigenvalue weighted by atomic mass is 9.87. The number of hydrogen-bond acceptors (Lipinski definition) is 1. The smallest absolute Gasteiger partial charge is 0.146 e. The van der Waals surface area contributed by atoms with E-state index in [-0.39, 0.29) is 0 Å². The summed E-state index contributed by atoms with van der Waals surface area (Å²) in [5, 5.41) is 0. The lowest BCUT2D eigenvalue weighted by molar-refractivity contribution is -0.105. The first kappa shape index (κ1) is 7.53. The van der Waals surface area contributed by atoms with E-state index in [9.17, 15) is 4.79 Å². The predicted octanol–water partition coefficient (Wildman–Crippen LogP) is 2.80. The van der Waals surface area contributed by atoms with Gasteiger partial charge in [0.2, 0.25) is 0 Å². The summed E-state index contributed by atoms with van der Waals surface area (Å²) in [5.41, 5.74) is 1.60. The molecule has 0 aliphatic heterocycles. The molecule has 2 rings (SSSR count). The molecule has 2 heteroatoms. The van der Waals surface area contributed by atoms with Crippen LogP contribution in [-0.2, 0) is 4.79 Å². The number of carbonyl (C=O) groups excluding carboxylic acids is 1. The van der Waals surface area contributed by atoms with Gasteiger partial charge in [-0.3, -0.25) is 4.79 Å². The molecule has 0 atom stereocenters. The molecule has 0 saturated heterocycles. The van der Waals surface area contributed by atoms with Crippen LogP contribution in [0.15, 0.2) is 10.1 Å². The molecule has 1 spiro atoms. The second-order valence-electron chi connectivity index (χ2n) is 3.72. The Labute approximate surface area is 75.0 Å². The number of halogens is 1. The summed E-state index contributed by atoms with van der Waals surface area (Å²) in [5.74, 6) is 0. The largest absolute Gasteiger partial charge is 0.298 e. The number of carbonyl (C=O) groups is 1. The van der Waals surface area contributed by atoms with Crippen molar-refractivity contribution in [3.8, 4) is 0 Å². The van der Waals surface area contributed by atoms with Crippen molar-refractivity contribution in [3.05, 3.63) is 10.1 Å². The van der Waals surface area contributed by atoms with Gasteiger partial charge in [0.15, 0.2) is 0 Å². The van der Waals surface area contributed by atoms with Gasteiger partial charge < -0.3 is 0 Å². The topological polar surface area (TPSA) is 17.1 Å². The molecule has 0 aromatic rings. The van der Waals surface area contributed by atoms with E-state index >= 15 is 0 Å². The number of allylic oxidation sites excluding steroid dienone is 2. The summed E-state index contributed by atoms with van der Waals surface area (Å²) in [7, 11) is 0. The van der Waals surface area contributed by atoms with Gasteiger partial charge in [-0.1, -0.05) is 15.9 Å². The van der Waals surface area contributed by atoms with Crippen LogP contribution in [0.2, 0.25) is 0 Å². The van der Waals surface area contributed by atoms with Gasteiger partial charge in [0, 0.05) is 10.1 Å². The maximum Gasteiger partial charge on any atom is 0.146 e. The predicted molar refractivity (Wildman–Crippen MR) is 47.5 cm³/mol. The molecule has 60 valence electrons. The van der Waals surface area contributed by atoms with Gasteiger partial charge in [0.25, 0.3) is 0 Å². The van der Waals surface area contributed by atoms with Crippen LogP contribution in [0.3, 0.4) is 0 Å². The molecule has 0 aromatic heterocycles. The van der Waals surface area contributed by atoms with Crippen molar-refractivity contribution in [3.63, 3.8) is 0 Å². The Morgan fingerprint density at radius 2 is 2.09 bits per heavy atom. The lowest BCUT2D eigenvalue weighted by Crippen LogP contribution is -2.09. The maximum atomic E-state index is 10.5. The van der Waals surface area contributed by atoms with Gasteiger partial charge in [-0.05, 0) is 37.5 Å². The standard InChI is InChI=1S/C9H11BrO/c10-8-5-9(3-4-9)2-1-7(8)6-11/h6H,1-5H2.